The maximum atomic E-state index is 11.9. The van der Waals surface area contributed by atoms with E-state index in [4.69, 9.17) is 25.8 Å². The molecule has 4 aromatic rings. The fourth-order valence-electron chi connectivity index (χ4n) is 3.59. The third kappa shape index (κ3) is 7.01. The average molecular weight is 525 g/mol. The van der Waals surface area contributed by atoms with Gasteiger partial charge in [0.15, 0.2) is 11.5 Å². The molecule has 37 heavy (non-hydrogen) atoms. The molecular formula is C26H29ClN6O4. The van der Waals surface area contributed by atoms with Crippen LogP contribution in [-0.4, -0.2) is 46.3 Å². The molecule has 10 nitrogen and oxygen atoms in total. The number of nitrogens with zero attached hydrogens (tertiary/aromatic N) is 4. The number of nitrogens with one attached hydrogen (secondary N) is 2. The van der Waals surface area contributed by atoms with Crippen molar-refractivity contribution in [2.75, 3.05) is 25.6 Å². The van der Waals surface area contributed by atoms with Gasteiger partial charge < -0.3 is 24.8 Å². The summed E-state index contributed by atoms with van der Waals surface area (Å²) in [6, 6.07) is 10.2. The van der Waals surface area contributed by atoms with Gasteiger partial charge in [-0.1, -0.05) is 23.7 Å². The number of aryl methyl sites for hydroxylation is 1. The first-order chi connectivity index (χ1) is 18.1. The van der Waals surface area contributed by atoms with Crippen LogP contribution in [0, 0.1) is 0 Å². The highest BCUT2D eigenvalue weighted by Crippen LogP contribution is 2.38. The standard InChI is InChI=1S/C26H29ClN6O4/c1-3-9-29-26(34)31-21-7-6-18(15-20(21)27)37-23-8-10-28-22-17-25(24(35-2)16-19(22)23)36-14-5-4-12-33-13-11-30-32-33/h6-8,10-11,13,15-17H,3-5,9,12,14H2,1-2H3,(H2,29,31,34). The summed E-state index contributed by atoms with van der Waals surface area (Å²) >= 11 is 6.38. The molecule has 0 saturated heterocycles. The smallest absolute Gasteiger partial charge is 0.319 e. The Hall–Kier alpha value is -4.05. The van der Waals surface area contributed by atoms with E-state index in [1.54, 1.807) is 48.5 Å². The van der Waals surface area contributed by atoms with E-state index in [9.17, 15) is 4.79 Å². The number of ether oxygens (including phenoxy) is 3. The minimum atomic E-state index is -0.308. The number of urea groups is 1. The summed E-state index contributed by atoms with van der Waals surface area (Å²) in [5, 5.41) is 14.4. The van der Waals surface area contributed by atoms with Crippen molar-refractivity contribution < 1.29 is 19.0 Å². The fourth-order valence-corrected chi connectivity index (χ4v) is 3.81. The summed E-state index contributed by atoms with van der Waals surface area (Å²) in [6.45, 7) is 3.88. The van der Waals surface area contributed by atoms with Crippen LogP contribution >= 0.6 is 11.6 Å². The first kappa shape index (κ1) is 26.0. The molecule has 194 valence electrons. The van der Waals surface area contributed by atoms with E-state index in [1.165, 1.54) is 0 Å². The summed E-state index contributed by atoms with van der Waals surface area (Å²) in [5.74, 6) is 2.29. The maximum absolute atomic E-state index is 11.9. The van der Waals surface area contributed by atoms with Crippen LogP contribution in [0.5, 0.6) is 23.0 Å². The lowest BCUT2D eigenvalue weighted by molar-refractivity contribution is 0.252. The number of aromatic nitrogens is 4. The maximum Gasteiger partial charge on any atom is 0.319 e. The van der Waals surface area contributed by atoms with E-state index in [-0.39, 0.29) is 6.03 Å². The average Bonchev–Trinajstić information content (AvgIpc) is 3.42. The van der Waals surface area contributed by atoms with Crippen molar-refractivity contribution >= 4 is 34.2 Å². The zero-order valence-electron chi connectivity index (χ0n) is 20.7. The van der Waals surface area contributed by atoms with Crippen molar-refractivity contribution in [2.24, 2.45) is 0 Å². The van der Waals surface area contributed by atoms with Gasteiger partial charge in [0.25, 0.3) is 0 Å². The van der Waals surface area contributed by atoms with Crippen molar-refractivity contribution in [1.82, 2.24) is 25.3 Å². The van der Waals surface area contributed by atoms with E-state index < -0.39 is 0 Å². The Morgan fingerprint density at radius 1 is 1.08 bits per heavy atom. The molecule has 11 heteroatoms. The number of hydrogen-bond acceptors (Lipinski definition) is 7. The number of anilines is 1. The molecule has 0 bridgehead atoms. The third-order valence-corrected chi connectivity index (χ3v) is 5.76. The Balaban J connectivity index is 1.44. The molecule has 0 aliphatic rings. The number of pyridine rings is 1. The molecule has 0 saturated carbocycles. The number of methoxy groups -OCH3 is 1. The summed E-state index contributed by atoms with van der Waals surface area (Å²) in [6.07, 6.45) is 7.78. The van der Waals surface area contributed by atoms with E-state index in [0.29, 0.717) is 52.4 Å². The summed E-state index contributed by atoms with van der Waals surface area (Å²) < 4.78 is 19.5. The van der Waals surface area contributed by atoms with Crippen molar-refractivity contribution in [2.45, 2.75) is 32.7 Å². The van der Waals surface area contributed by atoms with Gasteiger partial charge in [-0.25, -0.2) is 4.79 Å². The van der Waals surface area contributed by atoms with Crippen LogP contribution in [0.25, 0.3) is 10.9 Å². The molecular weight excluding hydrogens is 496 g/mol. The van der Waals surface area contributed by atoms with Gasteiger partial charge in [0.05, 0.1) is 36.1 Å². The monoisotopic (exact) mass is 524 g/mol. The molecule has 2 aromatic heterocycles. The quantitative estimate of drug-likeness (QED) is 0.229. The lowest BCUT2D eigenvalue weighted by Crippen LogP contribution is -2.29. The van der Waals surface area contributed by atoms with E-state index in [1.807, 2.05) is 25.3 Å². The predicted octanol–water partition coefficient (Wildman–Crippen LogP) is 5.67. The topological polar surface area (TPSA) is 112 Å². The van der Waals surface area contributed by atoms with Crippen molar-refractivity contribution in [3.05, 3.63) is 60.0 Å². The third-order valence-electron chi connectivity index (χ3n) is 5.45. The normalized spacial score (nSPS) is 10.8. The number of benzene rings is 2. The summed E-state index contributed by atoms with van der Waals surface area (Å²) in [4.78, 5) is 16.4. The minimum absolute atomic E-state index is 0.308. The number of carbonyl (C=O) groups excluding carboxylic acids is 1. The Morgan fingerprint density at radius 2 is 1.97 bits per heavy atom. The van der Waals surface area contributed by atoms with Gasteiger partial charge >= 0.3 is 6.03 Å². The summed E-state index contributed by atoms with van der Waals surface area (Å²) in [7, 11) is 1.60. The summed E-state index contributed by atoms with van der Waals surface area (Å²) in [5.41, 5.74) is 1.19. The minimum Gasteiger partial charge on any atom is -0.493 e. The Kier molecular flexibility index (Phi) is 8.98. The number of hydrogen-bond donors (Lipinski definition) is 2. The van der Waals surface area contributed by atoms with Gasteiger partial charge in [0, 0.05) is 43.0 Å². The van der Waals surface area contributed by atoms with Crippen molar-refractivity contribution in [3.63, 3.8) is 0 Å². The highest BCUT2D eigenvalue weighted by atomic mass is 35.5. The molecule has 2 aromatic carbocycles. The highest BCUT2D eigenvalue weighted by Gasteiger charge is 2.13. The molecule has 0 radical (unpaired) electrons. The lowest BCUT2D eigenvalue weighted by Gasteiger charge is -2.14. The molecule has 0 aliphatic carbocycles. The zero-order chi connectivity index (χ0) is 26.0. The Labute approximate surface area is 219 Å². The SMILES string of the molecule is CCCNC(=O)Nc1ccc(Oc2ccnc3cc(OCCCCn4ccnn4)c(OC)cc23)cc1Cl. The molecule has 2 amide bonds. The molecule has 0 spiro atoms. The van der Waals surface area contributed by atoms with Crippen LogP contribution in [0.15, 0.2) is 55.0 Å². The Bertz CT molecular complexity index is 1330. The second-order valence-electron chi connectivity index (χ2n) is 8.18. The van der Waals surface area contributed by atoms with Gasteiger partial charge in [-0.2, -0.15) is 0 Å². The molecule has 2 heterocycles. The second kappa shape index (κ2) is 12.8. The van der Waals surface area contributed by atoms with Crippen LogP contribution in [0.2, 0.25) is 5.02 Å². The number of halogens is 1. The fraction of sp³-hybridized carbons (Fsp3) is 0.308. The van der Waals surface area contributed by atoms with Crippen LogP contribution in [0.3, 0.4) is 0 Å². The van der Waals surface area contributed by atoms with Crippen LogP contribution < -0.4 is 24.8 Å². The predicted molar refractivity (Wildman–Crippen MR) is 142 cm³/mol. The second-order valence-corrected chi connectivity index (χ2v) is 8.58. The number of rotatable bonds is 12. The molecule has 0 aliphatic heterocycles. The number of unbranched alkanes of at least 4 members (excludes halogenated alkanes) is 1. The molecule has 0 atom stereocenters. The van der Waals surface area contributed by atoms with Crippen LogP contribution in [-0.2, 0) is 6.54 Å². The van der Waals surface area contributed by atoms with Gasteiger partial charge in [0.2, 0.25) is 0 Å². The molecule has 0 unspecified atom stereocenters. The van der Waals surface area contributed by atoms with Gasteiger partial charge in [-0.15, -0.1) is 5.10 Å². The highest BCUT2D eigenvalue weighted by molar-refractivity contribution is 6.33. The first-order valence-electron chi connectivity index (χ1n) is 12.0. The van der Waals surface area contributed by atoms with Crippen LogP contribution in [0.4, 0.5) is 10.5 Å². The van der Waals surface area contributed by atoms with E-state index in [0.717, 1.165) is 31.2 Å². The molecule has 2 N–H and O–H groups in total. The van der Waals surface area contributed by atoms with E-state index in [2.05, 4.69) is 25.9 Å². The number of carbonyl (C=O) groups is 1. The number of amides is 2. The van der Waals surface area contributed by atoms with Gasteiger partial charge in [0.1, 0.15) is 11.5 Å². The molecule has 4 rings (SSSR count). The lowest BCUT2D eigenvalue weighted by atomic mass is 10.1. The van der Waals surface area contributed by atoms with E-state index >= 15 is 0 Å². The van der Waals surface area contributed by atoms with Gasteiger partial charge in [-0.05, 0) is 43.5 Å². The van der Waals surface area contributed by atoms with Crippen molar-refractivity contribution in [1.29, 1.82) is 0 Å². The zero-order valence-corrected chi connectivity index (χ0v) is 21.5. The first-order valence-corrected chi connectivity index (χ1v) is 12.4. The van der Waals surface area contributed by atoms with Crippen molar-refractivity contribution in [3.8, 4) is 23.0 Å². The Morgan fingerprint density at radius 3 is 2.73 bits per heavy atom. The van der Waals surface area contributed by atoms with Gasteiger partial charge in [-0.3, -0.25) is 9.67 Å². The molecule has 0 fully saturated rings. The number of fused-ring (bicyclic) bond motifs is 1. The van der Waals surface area contributed by atoms with Crippen LogP contribution in [0.1, 0.15) is 26.2 Å². The largest absolute Gasteiger partial charge is 0.493 e.